The minimum atomic E-state index is -0.435. The summed E-state index contributed by atoms with van der Waals surface area (Å²) in [6.45, 7) is 0.436. The maximum atomic E-state index is 12.2. The SMILES string of the molecule is O=C(OCCCCN1C(=O)c2ccccc2C1=O)c1ccc(CO)cc1. The summed E-state index contributed by atoms with van der Waals surface area (Å²) in [4.78, 5) is 37.6. The predicted molar refractivity (Wildman–Crippen MR) is 93.7 cm³/mol. The minimum Gasteiger partial charge on any atom is -0.462 e. The fourth-order valence-corrected chi connectivity index (χ4v) is 2.81. The van der Waals surface area contributed by atoms with E-state index < -0.39 is 5.97 Å². The van der Waals surface area contributed by atoms with E-state index in [1.165, 1.54) is 4.90 Å². The van der Waals surface area contributed by atoms with Gasteiger partial charge >= 0.3 is 5.97 Å². The van der Waals surface area contributed by atoms with Crippen LogP contribution in [0.5, 0.6) is 0 Å². The van der Waals surface area contributed by atoms with Crippen LogP contribution in [0.25, 0.3) is 0 Å². The van der Waals surface area contributed by atoms with Crippen LogP contribution in [0.15, 0.2) is 48.5 Å². The number of nitrogens with zero attached hydrogens (tertiary/aromatic N) is 1. The molecule has 3 rings (SSSR count). The van der Waals surface area contributed by atoms with E-state index in [4.69, 9.17) is 9.84 Å². The number of esters is 1. The van der Waals surface area contributed by atoms with Crippen LogP contribution in [0.3, 0.4) is 0 Å². The van der Waals surface area contributed by atoms with Gasteiger partial charge in [-0.3, -0.25) is 14.5 Å². The molecule has 0 unspecified atom stereocenters. The monoisotopic (exact) mass is 353 g/mol. The second-order valence-electron chi connectivity index (χ2n) is 6.01. The first kappa shape index (κ1) is 17.8. The van der Waals surface area contributed by atoms with E-state index in [0.717, 1.165) is 5.56 Å². The molecule has 26 heavy (non-hydrogen) atoms. The highest BCUT2D eigenvalue weighted by Crippen LogP contribution is 2.22. The molecule has 2 aromatic carbocycles. The maximum absolute atomic E-state index is 12.2. The predicted octanol–water partition coefficient (Wildman–Crippen LogP) is 2.41. The number of hydrogen-bond donors (Lipinski definition) is 1. The Morgan fingerprint density at radius 2 is 1.54 bits per heavy atom. The van der Waals surface area contributed by atoms with Gasteiger partial charge in [-0.2, -0.15) is 0 Å². The number of carbonyl (C=O) groups excluding carboxylic acids is 3. The van der Waals surface area contributed by atoms with Crippen molar-refractivity contribution in [3.8, 4) is 0 Å². The van der Waals surface area contributed by atoms with Gasteiger partial charge in [0.25, 0.3) is 11.8 Å². The van der Waals surface area contributed by atoms with Crippen molar-refractivity contribution in [2.24, 2.45) is 0 Å². The zero-order valence-corrected chi connectivity index (χ0v) is 14.2. The highest BCUT2D eigenvalue weighted by molar-refractivity contribution is 6.21. The molecule has 0 saturated carbocycles. The van der Waals surface area contributed by atoms with Crippen molar-refractivity contribution in [3.63, 3.8) is 0 Å². The summed E-state index contributed by atoms with van der Waals surface area (Å²) >= 11 is 0. The maximum Gasteiger partial charge on any atom is 0.338 e. The number of imide groups is 1. The van der Waals surface area contributed by atoms with Gasteiger partial charge < -0.3 is 9.84 Å². The van der Waals surface area contributed by atoms with Gasteiger partial charge in [-0.15, -0.1) is 0 Å². The average molecular weight is 353 g/mol. The molecule has 0 saturated heterocycles. The third-order valence-electron chi connectivity index (χ3n) is 4.26. The smallest absolute Gasteiger partial charge is 0.338 e. The van der Waals surface area contributed by atoms with Crippen molar-refractivity contribution in [3.05, 3.63) is 70.8 Å². The van der Waals surface area contributed by atoms with Gasteiger partial charge in [0.15, 0.2) is 0 Å². The molecule has 0 aliphatic carbocycles. The molecule has 1 aliphatic heterocycles. The number of benzene rings is 2. The summed E-state index contributed by atoms with van der Waals surface area (Å²) in [5.74, 6) is -0.978. The number of aliphatic hydroxyl groups is 1. The van der Waals surface area contributed by atoms with Crippen molar-refractivity contribution >= 4 is 17.8 Å². The van der Waals surface area contributed by atoms with Crippen LogP contribution >= 0.6 is 0 Å². The molecule has 1 heterocycles. The number of rotatable bonds is 7. The van der Waals surface area contributed by atoms with E-state index in [1.54, 1.807) is 48.5 Å². The van der Waals surface area contributed by atoms with Crippen molar-refractivity contribution in [2.45, 2.75) is 19.4 Å². The Hall–Kier alpha value is -2.99. The van der Waals surface area contributed by atoms with Gasteiger partial charge in [-0.05, 0) is 42.7 Å². The highest BCUT2D eigenvalue weighted by atomic mass is 16.5. The summed E-state index contributed by atoms with van der Waals surface area (Å²) in [5.41, 5.74) is 2.02. The van der Waals surface area contributed by atoms with Gasteiger partial charge in [0, 0.05) is 6.54 Å². The molecule has 0 atom stereocenters. The first-order chi connectivity index (χ1) is 12.6. The largest absolute Gasteiger partial charge is 0.462 e. The number of amides is 2. The third kappa shape index (κ3) is 3.65. The molecule has 0 aromatic heterocycles. The molecule has 134 valence electrons. The van der Waals surface area contributed by atoms with E-state index in [1.807, 2.05) is 0 Å². The van der Waals surface area contributed by atoms with Crippen LogP contribution in [-0.2, 0) is 11.3 Å². The number of ether oxygens (including phenoxy) is 1. The number of carbonyl (C=O) groups is 3. The number of fused-ring (bicyclic) bond motifs is 1. The molecule has 1 aliphatic rings. The minimum absolute atomic E-state index is 0.0763. The van der Waals surface area contributed by atoms with Gasteiger partial charge in [-0.1, -0.05) is 24.3 Å². The lowest BCUT2D eigenvalue weighted by molar-refractivity contribution is 0.0485. The van der Waals surface area contributed by atoms with E-state index in [-0.39, 0.29) is 25.0 Å². The van der Waals surface area contributed by atoms with Gasteiger partial charge in [-0.25, -0.2) is 4.79 Å². The van der Waals surface area contributed by atoms with Gasteiger partial charge in [0.05, 0.1) is 29.9 Å². The summed E-state index contributed by atoms with van der Waals surface area (Å²) in [7, 11) is 0. The topological polar surface area (TPSA) is 83.9 Å². The molecular weight excluding hydrogens is 334 g/mol. The van der Waals surface area contributed by atoms with E-state index in [0.29, 0.717) is 36.1 Å². The van der Waals surface area contributed by atoms with E-state index in [2.05, 4.69) is 0 Å². The Balaban J connectivity index is 1.43. The second-order valence-corrected chi connectivity index (χ2v) is 6.01. The molecule has 0 fully saturated rings. The fraction of sp³-hybridized carbons (Fsp3) is 0.250. The molecule has 1 N–H and O–H groups in total. The van der Waals surface area contributed by atoms with Crippen molar-refractivity contribution in [2.75, 3.05) is 13.2 Å². The number of hydrogen-bond acceptors (Lipinski definition) is 5. The van der Waals surface area contributed by atoms with Crippen LogP contribution in [0.4, 0.5) is 0 Å². The lowest BCUT2D eigenvalue weighted by atomic mass is 10.1. The van der Waals surface area contributed by atoms with Crippen LogP contribution in [0, 0.1) is 0 Å². The highest BCUT2D eigenvalue weighted by Gasteiger charge is 2.34. The molecule has 0 radical (unpaired) electrons. The van der Waals surface area contributed by atoms with E-state index in [9.17, 15) is 14.4 Å². The lowest BCUT2D eigenvalue weighted by Gasteiger charge is -2.13. The van der Waals surface area contributed by atoms with Crippen LogP contribution in [0.2, 0.25) is 0 Å². The van der Waals surface area contributed by atoms with E-state index >= 15 is 0 Å². The third-order valence-corrected chi connectivity index (χ3v) is 4.26. The molecule has 2 aromatic rings. The first-order valence-corrected chi connectivity index (χ1v) is 8.44. The molecule has 6 nitrogen and oxygen atoms in total. The Bertz CT molecular complexity index is 793. The summed E-state index contributed by atoms with van der Waals surface area (Å²) in [6, 6.07) is 13.3. The molecule has 0 bridgehead atoms. The van der Waals surface area contributed by atoms with Crippen LogP contribution < -0.4 is 0 Å². The van der Waals surface area contributed by atoms with Gasteiger partial charge in [0.2, 0.25) is 0 Å². The average Bonchev–Trinajstić information content (AvgIpc) is 2.92. The van der Waals surface area contributed by atoms with Gasteiger partial charge in [0.1, 0.15) is 0 Å². The zero-order chi connectivity index (χ0) is 18.5. The summed E-state index contributed by atoms with van der Waals surface area (Å²) in [6.07, 6.45) is 1.11. The van der Waals surface area contributed by atoms with Crippen molar-refractivity contribution in [1.82, 2.24) is 4.90 Å². The fourth-order valence-electron chi connectivity index (χ4n) is 2.81. The number of unbranched alkanes of at least 4 members (excludes halogenated alkanes) is 1. The zero-order valence-electron chi connectivity index (χ0n) is 14.2. The molecular formula is C20H19NO5. The lowest BCUT2D eigenvalue weighted by Crippen LogP contribution is -2.30. The van der Waals surface area contributed by atoms with Crippen LogP contribution in [0.1, 0.15) is 49.5 Å². The summed E-state index contributed by atoms with van der Waals surface area (Å²) in [5, 5.41) is 8.98. The molecule has 2 amide bonds. The van der Waals surface area contributed by atoms with Crippen molar-refractivity contribution < 1.29 is 24.2 Å². The Kier molecular flexibility index (Phi) is 5.43. The Labute approximate surface area is 151 Å². The Morgan fingerprint density at radius 3 is 2.12 bits per heavy atom. The second kappa shape index (κ2) is 7.93. The molecule has 6 heteroatoms. The Morgan fingerprint density at radius 1 is 0.923 bits per heavy atom. The standard InChI is InChI=1S/C20H19NO5/c22-13-14-7-9-15(10-8-14)20(25)26-12-4-3-11-21-18(23)16-5-1-2-6-17(16)19(21)24/h1-2,5-10,22H,3-4,11-13H2. The van der Waals surface area contributed by atoms with Crippen molar-refractivity contribution in [1.29, 1.82) is 0 Å². The molecule has 0 spiro atoms. The quantitative estimate of drug-likeness (QED) is 0.469. The number of aliphatic hydroxyl groups excluding tert-OH is 1. The summed E-state index contributed by atoms with van der Waals surface area (Å²) < 4.78 is 5.19. The first-order valence-electron chi connectivity index (χ1n) is 8.44. The van der Waals surface area contributed by atoms with Crippen LogP contribution in [-0.4, -0.2) is 40.9 Å². The normalized spacial score (nSPS) is 13.0.